The van der Waals surface area contributed by atoms with Crippen molar-refractivity contribution in [1.82, 2.24) is 4.98 Å². The minimum Gasteiger partial charge on any atom is -0.491 e. The molecule has 0 bridgehead atoms. The molecule has 1 heterocycles. The van der Waals surface area contributed by atoms with Gasteiger partial charge in [0.15, 0.2) is 0 Å². The molecule has 0 aliphatic rings. The summed E-state index contributed by atoms with van der Waals surface area (Å²) in [4.78, 5) is 4.25. The van der Waals surface area contributed by atoms with Crippen molar-refractivity contribution in [1.29, 1.82) is 0 Å². The zero-order valence-corrected chi connectivity index (χ0v) is 11.6. The summed E-state index contributed by atoms with van der Waals surface area (Å²) in [5.41, 5.74) is 1.91. The Morgan fingerprint density at radius 2 is 1.89 bits per heavy atom. The SMILES string of the molecule is Cc1nc(Br)ccc1OCCc1ccc(F)cc1. The summed E-state index contributed by atoms with van der Waals surface area (Å²) in [6.45, 7) is 2.45. The van der Waals surface area contributed by atoms with Gasteiger partial charge in [-0.25, -0.2) is 9.37 Å². The number of pyridine rings is 1. The minimum absolute atomic E-state index is 0.215. The topological polar surface area (TPSA) is 22.1 Å². The Labute approximate surface area is 114 Å². The van der Waals surface area contributed by atoms with Gasteiger partial charge in [-0.2, -0.15) is 0 Å². The Hall–Kier alpha value is -1.42. The number of aryl methyl sites for hydroxylation is 1. The highest BCUT2D eigenvalue weighted by atomic mass is 79.9. The average molecular weight is 310 g/mol. The second-order valence-corrected chi connectivity index (χ2v) is 4.75. The number of rotatable bonds is 4. The third-order valence-electron chi connectivity index (χ3n) is 2.56. The summed E-state index contributed by atoms with van der Waals surface area (Å²) in [7, 11) is 0. The highest BCUT2D eigenvalue weighted by molar-refractivity contribution is 9.10. The van der Waals surface area contributed by atoms with Crippen molar-refractivity contribution < 1.29 is 9.13 Å². The van der Waals surface area contributed by atoms with Gasteiger partial charge in [0.25, 0.3) is 0 Å². The monoisotopic (exact) mass is 309 g/mol. The molecule has 2 aromatic rings. The van der Waals surface area contributed by atoms with Gasteiger partial charge in [0, 0.05) is 6.42 Å². The number of benzene rings is 1. The maximum absolute atomic E-state index is 12.7. The largest absolute Gasteiger partial charge is 0.491 e. The zero-order chi connectivity index (χ0) is 13.0. The summed E-state index contributed by atoms with van der Waals surface area (Å²) < 4.78 is 19.2. The summed E-state index contributed by atoms with van der Waals surface area (Å²) in [5.74, 6) is 0.563. The fraction of sp³-hybridized carbons (Fsp3) is 0.214. The molecule has 0 atom stereocenters. The zero-order valence-electron chi connectivity index (χ0n) is 9.99. The van der Waals surface area contributed by atoms with Crippen LogP contribution in [0.25, 0.3) is 0 Å². The number of ether oxygens (including phenoxy) is 1. The molecular weight excluding hydrogens is 297 g/mol. The molecule has 0 spiro atoms. The van der Waals surface area contributed by atoms with Crippen LogP contribution in [0, 0.1) is 12.7 Å². The first-order valence-electron chi connectivity index (χ1n) is 5.65. The van der Waals surface area contributed by atoms with E-state index in [0.29, 0.717) is 6.61 Å². The van der Waals surface area contributed by atoms with Gasteiger partial charge in [-0.15, -0.1) is 0 Å². The lowest BCUT2D eigenvalue weighted by Crippen LogP contribution is -2.03. The van der Waals surface area contributed by atoms with Crippen molar-refractivity contribution in [3.63, 3.8) is 0 Å². The number of nitrogens with zero attached hydrogens (tertiary/aromatic N) is 1. The van der Waals surface area contributed by atoms with Crippen LogP contribution < -0.4 is 4.74 Å². The Morgan fingerprint density at radius 3 is 2.56 bits per heavy atom. The molecule has 1 aromatic carbocycles. The van der Waals surface area contributed by atoms with E-state index in [4.69, 9.17) is 4.74 Å². The first-order valence-corrected chi connectivity index (χ1v) is 6.45. The van der Waals surface area contributed by atoms with Crippen molar-refractivity contribution in [3.05, 3.63) is 58.1 Å². The van der Waals surface area contributed by atoms with E-state index in [1.54, 1.807) is 12.1 Å². The van der Waals surface area contributed by atoms with E-state index in [1.807, 2.05) is 19.1 Å². The molecule has 0 fully saturated rings. The minimum atomic E-state index is -0.215. The number of hydrogen-bond donors (Lipinski definition) is 0. The lowest BCUT2D eigenvalue weighted by Gasteiger charge is -2.08. The van der Waals surface area contributed by atoms with E-state index >= 15 is 0 Å². The fourth-order valence-electron chi connectivity index (χ4n) is 1.60. The second-order valence-electron chi connectivity index (χ2n) is 3.94. The molecule has 2 rings (SSSR count). The maximum atomic E-state index is 12.7. The first kappa shape index (κ1) is 13.0. The smallest absolute Gasteiger partial charge is 0.140 e. The fourth-order valence-corrected chi connectivity index (χ4v) is 2.00. The summed E-state index contributed by atoms with van der Waals surface area (Å²) >= 11 is 3.31. The van der Waals surface area contributed by atoms with E-state index in [9.17, 15) is 4.39 Å². The molecule has 18 heavy (non-hydrogen) atoms. The summed E-state index contributed by atoms with van der Waals surface area (Å²) in [6.07, 6.45) is 0.746. The normalized spacial score (nSPS) is 10.4. The molecule has 2 nitrogen and oxygen atoms in total. The summed E-state index contributed by atoms with van der Waals surface area (Å²) in [6, 6.07) is 10.2. The van der Waals surface area contributed by atoms with Crippen molar-refractivity contribution in [2.24, 2.45) is 0 Å². The van der Waals surface area contributed by atoms with Gasteiger partial charge in [-0.1, -0.05) is 12.1 Å². The molecule has 0 saturated carbocycles. The van der Waals surface area contributed by atoms with Crippen LogP contribution >= 0.6 is 15.9 Å². The Morgan fingerprint density at radius 1 is 1.17 bits per heavy atom. The molecule has 0 aliphatic heterocycles. The van der Waals surface area contributed by atoms with E-state index in [0.717, 1.165) is 28.0 Å². The highest BCUT2D eigenvalue weighted by Gasteiger charge is 2.02. The lowest BCUT2D eigenvalue weighted by molar-refractivity contribution is 0.318. The summed E-state index contributed by atoms with van der Waals surface area (Å²) in [5, 5.41) is 0. The molecule has 0 amide bonds. The van der Waals surface area contributed by atoms with Gasteiger partial charge in [0.2, 0.25) is 0 Å². The number of halogens is 2. The predicted molar refractivity (Wildman–Crippen MR) is 72.3 cm³/mol. The lowest BCUT2D eigenvalue weighted by atomic mass is 10.2. The highest BCUT2D eigenvalue weighted by Crippen LogP contribution is 2.18. The van der Waals surface area contributed by atoms with E-state index in [1.165, 1.54) is 12.1 Å². The van der Waals surface area contributed by atoms with Gasteiger partial charge >= 0.3 is 0 Å². The molecule has 0 saturated heterocycles. The van der Waals surface area contributed by atoms with Crippen LogP contribution in [0.3, 0.4) is 0 Å². The van der Waals surface area contributed by atoms with Crippen molar-refractivity contribution in [2.45, 2.75) is 13.3 Å². The Balaban J connectivity index is 1.90. The van der Waals surface area contributed by atoms with Crippen LogP contribution in [-0.2, 0) is 6.42 Å². The van der Waals surface area contributed by atoms with Crippen LogP contribution in [0.15, 0.2) is 41.0 Å². The molecule has 4 heteroatoms. The van der Waals surface area contributed by atoms with Gasteiger partial charge in [0.1, 0.15) is 16.2 Å². The van der Waals surface area contributed by atoms with Crippen LogP contribution in [0.4, 0.5) is 4.39 Å². The van der Waals surface area contributed by atoms with Crippen molar-refractivity contribution in [3.8, 4) is 5.75 Å². The Bertz CT molecular complexity index is 528. The molecule has 1 aromatic heterocycles. The van der Waals surface area contributed by atoms with Crippen molar-refractivity contribution in [2.75, 3.05) is 6.61 Å². The predicted octanol–water partition coefficient (Wildman–Crippen LogP) is 3.91. The van der Waals surface area contributed by atoms with Crippen LogP contribution in [0.1, 0.15) is 11.3 Å². The van der Waals surface area contributed by atoms with Crippen LogP contribution in [-0.4, -0.2) is 11.6 Å². The van der Waals surface area contributed by atoms with Crippen LogP contribution in [0.5, 0.6) is 5.75 Å². The Kier molecular flexibility index (Phi) is 4.31. The van der Waals surface area contributed by atoms with E-state index in [-0.39, 0.29) is 5.82 Å². The molecule has 0 aliphatic carbocycles. The molecule has 0 unspecified atom stereocenters. The van der Waals surface area contributed by atoms with Crippen LogP contribution in [0.2, 0.25) is 0 Å². The van der Waals surface area contributed by atoms with Gasteiger partial charge in [-0.05, 0) is 52.7 Å². The third kappa shape index (κ3) is 3.53. The van der Waals surface area contributed by atoms with E-state index < -0.39 is 0 Å². The second kappa shape index (κ2) is 5.96. The number of aromatic nitrogens is 1. The average Bonchev–Trinajstić information content (AvgIpc) is 2.34. The first-order chi connectivity index (χ1) is 8.65. The van der Waals surface area contributed by atoms with Gasteiger partial charge < -0.3 is 4.74 Å². The van der Waals surface area contributed by atoms with Gasteiger partial charge in [-0.3, -0.25) is 0 Å². The molecule has 0 N–H and O–H groups in total. The van der Waals surface area contributed by atoms with E-state index in [2.05, 4.69) is 20.9 Å². The standard InChI is InChI=1S/C14H13BrFNO/c1-10-13(6-7-14(15)17-10)18-9-8-11-2-4-12(16)5-3-11/h2-7H,8-9H2,1H3. The molecule has 0 radical (unpaired) electrons. The third-order valence-corrected chi connectivity index (χ3v) is 3.01. The molecule has 94 valence electrons. The van der Waals surface area contributed by atoms with Crippen molar-refractivity contribution >= 4 is 15.9 Å². The van der Waals surface area contributed by atoms with Gasteiger partial charge in [0.05, 0.1) is 12.3 Å². The quantitative estimate of drug-likeness (QED) is 0.799. The number of hydrogen-bond acceptors (Lipinski definition) is 2. The maximum Gasteiger partial charge on any atom is 0.140 e. The molecular formula is C14H13BrFNO.